The van der Waals surface area contributed by atoms with Crippen molar-refractivity contribution >= 4 is 12.1 Å². The molecule has 1 aliphatic rings. The lowest BCUT2D eigenvalue weighted by Crippen LogP contribution is -2.43. The molecule has 5 heteroatoms. The number of allylic oxidation sites excluding steroid dienone is 1. The van der Waals surface area contributed by atoms with E-state index in [1.807, 2.05) is 30.3 Å². The van der Waals surface area contributed by atoms with E-state index in [1.54, 1.807) is 6.08 Å². The smallest absolute Gasteiger partial charge is 0.407 e. The Balaban J connectivity index is 1.80. The van der Waals surface area contributed by atoms with Crippen molar-refractivity contribution in [3.05, 3.63) is 48.6 Å². The summed E-state index contributed by atoms with van der Waals surface area (Å²) in [5.74, 6) is -0.187. The molecule has 130 valence electrons. The molecule has 1 aromatic carbocycles. The van der Waals surface area contributed by atoms with E-state index in [0.29, 0.717) is 19.3 Å². The normalized spacial score (nSPS) is 23.1. The Hall–Kier alpha value is -2.30. The molecule has 1 fully saturated rings. The number of hydrogen-bond donors (Lipinski definition) is 1. The largest absolute Gasteiger partial charge is 0.469 e. The van der Waals surface area contributed by atoms with Crippen LogP contribution < -0.4 is 5.32 Å². The fourth-order valence-corrected chi connectivity index (χ4v) is 3.23. The quantitative estimate of drug-likeness (QED) is 0.639. The summed E-state index contributed by atoms with van der Waals surface area (Å²) in [6.07, 6.45) is 4.75. The van der Waals surface area contributed by atoms with Crippen molar-refractivity contribution in [2.45, 2.75) is 44.8 Å². The highest BCUT2D eigenvalue weighted by atomic mass is 16.5. The molecule has 0 unspecified atom stereocenters. The van der Waals surface area contributed by atoms with E-state index in [1.165, 1.54) is 7.11 Å². The topological polar surface area (TPSA) is 64.6 Å². The molecule has 0 spiro atoms. The van der Waals surface area contributed by atoms with Gasteiger partial charge in [-0.1, -0.05) is 36.4 Å². The molecule has 5 nitrogen and oxygen atoms in total. The Kier molecular flexibility index (Phi) is 6.41. The Labute approximate surface area is 143 Å². The van der Waals surface area contributed by atoms with E-state index < -0.39 is 11.5 Å². The highest BCUT2D eigenvalue weighted by Gasteiger charge is 2.42. The second kappa shape index (κ2) is 8.52. The van der Waals surface area contributed by atoms with Gasteiger partial charge in [0.2, 0.25) is 0 Å². The zero-order valence-electron chi connectivity index (χ0n) is 14.1. The second-order valence-corrected chi connectivity index (χ2v) is 6.25. The summed E-state index contributed by atoms with van der Waals surface area (Å²) in [6, 6.07) is 9.58. The van der Waals surface area contributed by atoms with Crippen LogP contribution in [0, 0.1) is 5.41 Å². The third-order valence-corrected chi connectivity index (χ3v) is 4.63. The summed E-state index contributed by atoms with van der Waals surface area (Å²) in [5.41, 5.74) is 0.454. The second-order valence-electron chi connectivity index (χ2n) is 6.25. The molecule has 0 bridgehead atoms. The summed E-state index contributed by atoms with van der Waals surface area (Å²) in [7, 11) is 1.42. The number of benzene rings is 1. The maximum absolute atomic E-state index is 12.1. The van der Waals surface area contributed by atoms with Gasteiger partial charge in [-0.15, -0.1) is 6.58 Å². The van der Waals surface area contributed by atoms with Crippen molar-refractivity contribution in [3.8, 4) is 0 Å². The molecule has 0 heterocycles. The minimum absolute atomic E-state index is 0.0240. The Bertz CT molecular complexity index is 562. The van der Waals surface area contributed by atoms with Crippen LogP contribution in [0.15, 0.2) is 43.0 Å². The Morgan fingerprint density at radius 1 is 1.29 bits per heavy atom. The van der Waals surface area contributed by atoms with Gasteiger partial charge in [0.05, 0.1) is 12.5 Å². The fraction of sp³-hybridized carbons (Fsp3) is 0.474. The monoisotopic (exact) mass is 331 g/mol. The molecule has 0 saturated heterocycles. The molecule has 0 radical (unpaired) electrons. The van der Waals surface area contributed by atoms with Gasteiger partial charge in [-0.2, -0.15) is 0 Å². The van der Waals surface area contributed by atoms with Crippen LogP contribution in [0.4, 0.5) is 4.79 Å². The number of hydrogen-bond acceptors (Lipinski definition) is 4. The molecule has 1 N–H and O–H groups in total. The van der Waals surface area contributed by atoms with E-state index in [9.17, 15) is 9.59 Å². The first-order valence-corrected chi connectivity index (χ1v) is 8.26. The minimum atomic E-state index is -0.497. The van der Waals surface area contributed by atoms with E-state index in [0.717, 1.165) is 18.4 Å². The number of esters is 1. The molecule has 2 rings (SSSR count). The Morgan fingerprint density at radius 3 is 2.54 bits per heavy atom. The Morgan fingerprint density at radius 2 is 1.96 bits per heavy atom. The number of rotatable bonds is 6. The first kappa shape index (κ1) is 18.0. The van der Waals surface area contributed by atoms with Gasteiger partial charge in [-0.25, -0.2) is 4.79 Å². The number of alkyl carbamates (subject to hydrolysis) is 1. The lowest BCUT2D eigenvalue weighted by atomic mass is 9.70. The van der Waals surface area contributed by atoms with Gasteiger partial charge in [0.1, 0.15) is 6.61 Å². The standard InChI is InChI=1S/C19H25NO4/c1-3-11-19(17(21)23-2)12-9-16(10-13-19)20-18(22)24-14-15-7-5-4-6-8-15/h3-8,16H,1,9-14H2,2H3,(H,20,22). The highest BCUT2D eigenvalue weighted by molar-refractivity contribution is 5.77. The predicted octanol–water partition coefficient (Wildman–Crippen LogP) is 3.59. The predicted molar refractivity (Wildman–Crippen MR) is 91.3 cm³/mol. The van der Waals surface area contributed by atoms with Crippen molar-refractivity contribution in [2.75, 3.05) is 7.11 Å². The SMILES string of the molecule is C=CCC1(C(=O)OC)CCC(NC(=O)OCc2ccccc2)CC1. The van der Waals surface area contributed by atoms with Crippen molar-refractivity contribution in [1.29, 1.82) is 0 Å². The molecular weight excluding hydrogens is 306 g/mol. The zero-order chi connectivity index (χ0) is 17.4. The summed E-state index contributed by atoms with van der Waals surface area (Å²) in [5, 5.41) is 2.89. The van der Waals surface area contributed by atoms with Gasteiger partial charge in [-0.05, 0) is 37.7 Å². The van der Waals surface area contributed by atoms with Crippen LogP contribution in [0.25, 0.3) is 0 Å². The summed E-state index contributed by atoms with van der Waals surface area (Å²) >= 11 is 0. The third-order valence-electron chi connectivity index (χ3n) is 4.63. The average molecular weight is 331 g/mol. The number of nitrogens with one attached hydrogen (secondary N) is 1. The number of carbonyl (C=O) groups is 2. The first-order chi connectivity index (χ1) is 11.6. The van der Waals surface area contributed by atoms with Gasteiger partial charge < -0.3 is 14.8 Å². The molecule has 24 heavy (non-hydrogen) atoms. The van der Waals surface area contributed by atoms with Crippen molar-refractivity contribution in [1.82, 2.24) is 5.32 Å². The van der Waals surface area contributed by atoms with E-state index in [-0.39, 0.29) is 18.6 Å². The van der Waals surface area contributed by atoms with Crippen molar-refractivity contribution in [2.24, 2.45) is 5.41 Å². The average Bonchev–Trinajstić information content (AvgIpc) is 2.62. The van der Waals surface area contributed by atoms with Crippen LogP contribution in [-0.4, -0.2) is 25.2 Å². The van der Waals surface area contributed by atoms with Gasteiger partial charge >= 0.3 is 12.1 Å². The highest BCUT2D eigenvalue weighted by Crippen LogP contribution is 2.40. The number of methoxy groups -OCH3 is 1. The first-order valence-electron chi connectivity index (χ1n) is 8.26. The minimum Gasteiger partial charge on any atom is -0.469 e. The van der Waals surface area contributed by atoms with Gasteiger partial charge in [0.15, 0.2) is 0 Å². The van der Waals surface area contributed by atoms with Gasteiger partial charge in [0.25, 0.3) is 0 Å². The number of carbonyl (C=O) groups excluding carboxylic acids is 2. The maximum Gasteiger partial charge on any atom is 0.407 e. The lowest BCUT2D eigenvalue weighted by molar-refractivity contribution is -0.155. The lowest BCUT2D eigenvalue weighted by Gasteiger charge is -2.37. The van der Waals surface area contributed by atoms with Crippen LogP contribution >= 0.6 is 0 Å². The van der Waals surface area contributed by atoms with E-state index in [2.05, 4.69) is 11.9 Å². The van der Waals surface area contributed by atoms with Gasteiger partial charge in [-0.3, -0.25) is 4.79 Å². The summed E-state index contributed by atoms with van der Waals surface area (Å²) in [4.78, 5) is 24.0. The van der Waals surface area contributed by atoms with Crippen LogP contribution in [-0.2, 0) is 20.9 Å². The van der Waals surface area contributed by atoms with E-state index >= 15 is 0 Å². The summed E-state index contributed by atoms with van der Waals surface area (Å²) in [6.45, 7) is 3.99. The molecule has 1 aliphatic carbocycles. The van der Waals surface area contributed by atoms with E-state index in [4.69, 9.17) is 9.47 Å². The number of ether oxygens (including phenoxy) is 2. The van der Waals surface area contributed by atoms with Gasteiger partial charge in [0, 0.05) is 6.04 Å². The van der Waals surface area contributed by atoms with Crippen LogP contribution in [0.5, 0.6) is 0 Å². The third kappa shape index (κ3) is 4.60. The van der Waals surface area contributed by atoms with Crippen LogP contribution in [0.3, 0.4) is 0 Å². The molecule has 1 amide bonds. The molecule has 1 aromatic rings. The van der Waals surface area contributed by atoms with Crippen molar-refractivity contribution in [3.63, 3.8) is 0 Å². The van der Waals surface area contributed by atoms with Crippen molar-refractivity contribution < 1.29 is 19.1 Å². The molecule has 1 saturated carbocycles. The van der Waals surface area contributed by atoms with Crippen LogP contribution in [0.2, 0.25) is 0 Å². The maximum atomic E-state index is 12.1. The molecular formula is C19H25NO4. The molecule has 0 atom stereocenters. The van der Waals surface area contributed by atoms with Crippen LogP contribution in [0.1, 0.15) is 37.7 Å². The summed E-state index contributed by atoms with van der Waals surface area (Å²) < 4.78 is 10.2. The molecule has 0 aromatic heterocycles. The zero-order valence-corrected chi connectivity index (χ0v) is 14.1. The fourth-order valence-electron chi connectivity index (χ4n) is 3.23. The molecule has 0 aliphatic heterocycles. The number of amides is 1.